The summed E-state index contributed by atoms with van der Waals surface area (Å²) >= 11 is 0. The van der Waals surface area contributed by atoms with Crippen LogP contribution < -0.4 is 14.2 Å². The molecule has 0 spiro atoms. The molecule has 8 nitrogen and oxygen atoms in total. The van der Waals surface area contributed by atoms with Crippen LogP contribution in [-0.4, -0.2) is 37.5 Å². The van der Waals surface area contributed by atoms with Crippen molar-refractivity contribution in [3.63, 3.8) is 0 Å². The van der Waals surface area contributed by atoms with Crippen molar-refractivity contribution in [1.82, 2.24) is 10.2 Å². The third-order valence-corrected chi connectivity index (χ3v) is 4.47. The Balaban J connectivity index is 1.68. The minimum Gasteiger partial charge on any atom is -0.493 e. The molecule has 2 aromatic carbocycles. The maximum absolute atomic E-state index is 12.4. The lowest BCUT2D eigenvalue weighted by atomic mass is 10.1. The van der Waals surface area contributed by atoms with Gasteiger partial charge in [0.2, 0.25) is 11.6 Å². The van der Waals surface area contributed by atoms with Gasteiger partial charge in [-0.05, 0) is 43.7 Å². The molecule has 0 aliphatic heterocycles. The molecule has 0 fully saturated rings. The Morgan fingerprint density at radius 3 is 2.20 bits per heavy atom. The van der Waals surface area contributed by atoms with Gasteiger partial charge in [0.1, 0.15) is 0 Å². The van der Waals surface area contributed by atoms with E-state index >= 15 is 0 Å². The summed E-state index contributed by atoms with van der Waals surface area (Å²) in [6.07, 6.45) is -0.675. The Morgan fingerprint density at radius 2 is 1.63 bits per heavy atom. The summed E-state index contributed by atoms with van der Waals surface area (Å²) in [5.41, 5.74) is 2.59. The number of methoxy groups -OCH3 is 3. The Labute approximate surface area is 174 Å². The lowest BCUT2D eigenvalue weighted by Gasteiger charge is -2.14. The van der Waals surface area contributed by atoms with Crippen LogP contribution in [0.1, 0.15) is 30.0 Å². The molecule has 158 valence electrons. The molecule has 0 radical (unpaired) electrons. The van der Waals surface area contributed by atoms with E-state index in [1.807, 2.05) is 31.2 Å². The lowest BCUT2D eigenvalue weighted by Crippen LogP contribution is -2.12. The second-order valence-electron chi connectivity index (χ2n) is 6.65. The summed E-state index contributed by atoms with van der Waals surface area (Å²) in [5.74, 6) is 1.54. The first-order valence-corrected chi connectivity index (χ1v) is 9.34. The molecule has 3 aromatic rings. The molecule has 0 aliphatic carbocycles. The fourth-order valence-electron chi connectivity index (χ4n) is 2.91. The standard InChI is InChI=1S/C22H24N2O6/c1-13-6-8-16(9-7-13)22-24-23-21(30-22)14(2)29-19(25)12-15-10-17(26-3)20(28-5)18(11-15)27-4/h6-11,14H,12H2,1-5H3/t14-/m0/s1. The molecule has 0 N–H and O–H groups in total. The van der Waals surface area contributed by atoms with Crippen molar-refractivity contribution in [2.45, 2.75) is 26.4 Å². The molecule has 0 bridgehead atoms. The summed E-state index contributed by atoms with van der Waals surface area (Å²) in [6.45, 7) is 3.68. The number of carbonyl (C=O) groups excluding carboxylic acids is 1. The highest BCUT2D eigenvalue weighted by Crippen LogP contribution is 2.38. The van der Waals surface area contributed by atoms with Gasteiger partial charge >= 0.3 is 5.97 Å². The molecule has 0 amide bonds. The summed E-state index contributed by atoms with van der Waals surface area (Å²) in [5, 5.41) is 8.04. The molecule has 0 aliphatic rings. The summed E-state index contributed by atoms with van der Waals surface area (Å²) < 4.78 is 27.1. The van der Waals surface area contributed by atoms with Gasteiger partial charge in [0.15, 0.2) is 17.6 Å². The molecule has 0 saturated heterocycles. The second kappa shape index (κ2) is 9.30. The molecular weight excluding hydrogens is 388 g/mol. The first-order chi connectivity index (χ1) is 14.4. The Morgan fingerprint density at radius 1 is 1.00 bits per heavy atom. The SMILES string of the molecule is COc1cc(CC(=O)O[C@@H](C)c2nnc(-c3ccc(C)cc3)o2)cc(OC)c1OC. The van der Waals surface area contributed by atoms with Gasteiger partial charge in [0.05, 0.1) is 27.8 Å². The zero-order valence-electron chi connectivity index (χ0n) is 17.6. The molecule has 0 unspecified atom stereocenters. The van der Waals surface area contributed by atoms with E-state index < -0.39 is 12.1 Å². The van der Waals surface area contributed by atoms with Gasteiger partial charge in [0, 0.05) is 5.56 Å². The Kier molecular flexibility index (Phi) is 6.56. The highest BCUT2D eigenvalue weighted by atomic mass is 16.6. The number of carbonyl (C=O) groups is 1. The first kappa shape index (κ1) is 21.2. The third-order valence-electron chi connectivity index (χ3n) is 4.47. The smallest absolute Gasteiger partial charge is 0.311 e. The monoisotopic (exact) mass is 412 g/mol. The van der Waals surface area contributed by atoms with Crippen molar-refractivity contribution in [3.05, 3.63) is 53.4 Å². The van der Waals surface area contributed by atoms with Crippen LogP contribution in [0.4, 0.5) is 0 Å². The lowest BCUT2D eigenvalue weighted by molar-refractivity contribution is -0.148. The summed E-state index contributed by atoms with van der Waals surface area (Å²) in [4.78, 5) is 12.4. The minimum absolute atomic E-state index is 0.0139. The maximum Gasteiger partial charge on any atom is 0.311 e. The van der Waals surface area contributed by atoms with Gasteiger partial charge in [-0.1, -0.05) is 17.7 Å². The van der Waals surface area contributed by atoms with Crippen LogP contribution in [0.3, 0.4) is 0 Å². The first-order valence-electron chi connectivity index (χ1n) is 9.34. The highest BCUT2D eigenvalue weighted by molar-refractivity contribution is 5.73. The number of aromatic nitrogens is 2. The third kappa shape index (κ3) is 4.71. The van der Waals surface area contributed by atoms with Crippen LogP contribution in [-0.2, 0) is 16.0 Å². The average Bonchev–Trinajstić information content (AvgIpc) is 3.23. The molecule has 1 aromatic heterocycles. The topological polar surface area (TPSA) is 92.9 Å². The molecule has 1 atom stereocenters. The maximum atomic E-state index is 12.4. The molecule has 0 saturated carbocycles. The predicted molar refractivity (Wildman–Crippen MR) is 109 cm³/mol. The number of rotatable bonds is 8. The Bertz CT molecular complexity index is 988. The van der Waals surface area contributed by atoms with E-state index in [0.717, 1.165) is 11.1 Å². The van der Waals surface area contributed by atoms with Crippen molar-refractivity contribution in [1.29, 1.82) is 0 Å². The molecule has 30 heavy (non-hydrogen) atoms. The number of aryl methyl sites for hydroxylation is 1. The minimum atomic E-state index is -0.689. The zero-order chi connectivity index (χ0) is 21.7. The van der Waals surface area contributed by atoms with Gasteiger partial charge in [-0.3, -0.25) is 4.79 Å². The number of ether oxygens (including phenoxy) is 4. The normalized spacial score (nSPS) is 11.6. The van der Waals surface area contributed by atoms with Crippen LogP contribution in [0.15, 0.2) is 40.8 Å². The van der Waals surface area contributed by atoms with Crippen LogP contribution in [0.5, 0.6) is 17.2 Å². The van der Waals surface area contributed by atoms with E-state index in [9.17, 15) is 4.79 Å². The number of hydrogen-bond acceptors (Lipinski definition) is 8. The van der Waals surface area contributed by atoms with Crippen molar-refractivity contribution >= 4 is 5.97 Å². The molecule has 3 rings (SSSR count). The van der Waals surface area contributed by atoms with Gasteiger partial charge < -0.3 is 23.4 Å². The van der Waals surface area contributed by atoms with E-state index in [4.69, 9.17) is 23.4 Å². The summed E-state index contributed by atoms with van der Waals surface area (Å²) in [6, 6.07) is 11.1. The predicted octanol–water partition coefficient (Wildman–Crippen LogP) is 3.92. The second-order valence-corrected chi connectivity index (χ2v) is 6.65. The number of benzene rings is 2. The molecule has 8 heteroatoms. The fourth-order valence-corrected chi connectivity index (χ4v) is 2.91. The largest absolute Gasteiger partial charge is 0.493 e. The summed E-state index contributed by atoms with van der Waals surface area (Å²) in [7, 11) is 4.55. The van der Waals surface area contributed by atoms with E-state index in [1.54, 1.807) is 19.1 Å². The van der Waals surface area contributed by atoms with Crippen LogP contribution in [0, 0.1) is 6.92 Å². The number of esters is 1. The number of hydrogen-bond donors (Lipinski definition) is 0. The van der Waals surface area contributed by atoms with Gasteiger partial charge in [-0.2, -0.15) is 0 Å². The van der Waals surface area contributed by atoms with Gasteiger partial charge in [-0.25, -0.2) is 0 Å². The van der Waals surface area contributed by atoms with Crippen LogP contribution in [0.2, 0.25) is 0 Å². The fraction of sp³-hybridized carbons (Fsp3) is 0.318. The molecule has 1 heterocycles. The Hall–Kier alpha value is -3.55. The van der Waals surface area contributed by atoms with Crippen LogP contribution >= 0.6 is 0 Å². The van der Waals surface area contributed by atoms with E-state index in [-0.39, 0.29) is 12.3 Å². The van der Waals surface area contributed by atoms with Gasteiger partial charge in [-0.15, -0.1) is 10.2 Å². The van der Waals surface area contributed by atoms with Crippen LogP contribution in [0.25, 0.3) is 11.5 Å². The number of nitrogens with zero attached hydrogens (tertiary/aromatic N) is 2. The van der Waals surface area contributed by atoms with E-state index in [2.05, 4.69) is 10.2 Å². The molecular formula is C22H24N2O6. The van der Waals surface area contributed by atoms with Crippen molar-refractivity contribution in [3.8, 4) is 28.7 Å². The quantitative estimate of drug-likeness (QED) is 0.514. The van der Waals surface area contributed by atoms with Crippen molar-refractivity contribution < 1.29 is 28.2 Å². The average molecular weight is 412 g/mol. The van der Waals surface area contributed by atoms with Crippen molar-refractivity contribution in [2.75, 3.05) is 21.3 Å². The van der Waals surface area contributed by atoms with Gasteiger partial charge in [0.25, 0.3) is 5.89 Å². The van der Waals surface area contributed by atoms with E-state index in [1.165, 1.54) is 21.3 Å². The van der Waals surface area contributed by atoms with E-state index in [0.29, 0.717) is 28.7 Å². The zero-order valence-corrected chi connectivity index (χ0v) is 17.6. The highest BCUT2D eigenvalue weighted by Gasteiger charge is 2.21. The van der Waals surface area contributed by atoms with Crippen molar-refractivity contribution in [2.24, 2.45) is 0 Å².